The zero-order valence-corrected chi connectivity index (χ0v) is 13.9. The molecule has 0 fully saturated rings. The molecule has 25 heavy (non-hydrogen) atoms. The van der Waals surface area contributed by atoms with Crippen molar-refractivity contribution in [2.24, 2.45) is 0 Å². The van der Waals surface area contributed by atoms with E-state index in [1.54, 1.807) is 0 Å². The van der Waals surface area contributed by atoms with Crippen molar-refractivity contribution in [1.29, 1.82) is 0 Å². The first-order valence-corrected chi connectivity index (χ1v) is 9.27. The summed E-state index contributed by atoms with van der Waals surface area (Å²) in [5.74, 6) is -1.72. The lowest BCUT2D eigenvalue weighted by atomic mass is 10.2. The maximum atomic E-state index is 12.3. The minimum absolute atomic E-state index is 0.506. The standard InChI is InChI=1S/C13H12N2O8S2/c14-11-8(16)5-6-10(25(21,22)23)12(11)15-13(17)7-3-1-2-4-9(7)24(18,19)20/h1-6,16H,14H2,(H,15,17)(H,18,19,20)(H,21,22,23). The first-order valence-electron chi connectivity index (χ1n) is 6.39. The molecule has 1 amide bonds. The molecule has 0 aliphatic rings. The Morgan fingerprint density at radius 1 is 0.920 bits per heavy atom. The van der Waals surface area contributed by atoms with Crippen molar-refractivity contribution in [3.05, 3.63) is 42.0 Å². The van der Waals surface area contributed by atoms with Crippen LogP contribution in [-0.2, 0) is 20.2 Å². The summed E-state index contributed by atoms with van der Waals surface area (Å²) in [6.07, 6.45) is 0. The Kier molecular flexibility index (Phi) is 4.72. The van der Waals surface area contributed by atoms with Crippen molar-refractivity contribution in [3.63, 3.8) is 0 Å². The number of phenolic OH excluding ortho intramolecular Hbond substituents is 1. The Morgan fingerprint density at radius 3 is 2.04 bits per heavy atom. The van der Waals surface area contributed by atoms with E-state index in [-0.39, 0.29) is 0 Å². The number of carbonyl (C=O) groups is 1. The molecule has 0 aliphatic carbocycles. The Morgan fingerprint density at radius 2 is 1.48 bits per heavy atom. The zero-order chi connectivity index (χ0) is 19.0. The highest BCUT2D eigenvalue weighted by atomic mass is 32.2. The average Bonchev–Trinajstić information content (AvgIpc) is 2.49. The summed E-state index contributed by atoms with van der Waals surface area (Å²) < 4.78 is 63.8. The van der Waals surface area contributed by atoms with E-state index >= 15 is 0 Å². The fraction of sp³-hybridized carbons (Fsp3) is 0. The van der Waals surface area contributed by atoms with E-state index < -0.39 is 58.6 Å². The van der Waals surface area contributed by atoms with Gasteiger partial charge in [-0.3, -0.25) is 13.9 Å². The van der Waals surface area contributed by atoms with Crippen LogP contribution in [0, 0.1) is 0 Å². The van der Waals surface area contributed by atoms with Gasteiger partial charge in [0.2, 0.25) is 0 Å². The monoisotopic (exact) mass is 388 g/mol. The van der Waals surface area contributed by atoms with E-state index in [1.165, 1.54) is 12.1 Å². The van der Waals surface area contributed by atoms with E-state index in [4.69, 9.17) is 10.3 Å². The number of nitrogen functional groups attached to an aromatic ring is 1. The third-order valence-electron chi connectivity index (χ3n) is 3.11. The fourth-order valence-electron chi connectivity index (χ4n) is 1.99. The minimum Gasteiger partial charge on any atom is -0.506 e. The van der Waals surface area contributed by atoms with E-state index in [0.29, 0.717) is 0 Å². The molecule has 0 unspecified atom stereocenters. The van der Waals surface area contributed by atoms with E-state index in [0.717, 1.165) is 24.3 Å². The Hall–Kier alpha value is -2.67. The van der Waals surface area contributed by atoms with Crippen molar-refractivity contribution < 1.29 is 35.8 Å². The largest absolute Gasteiger partial charge is 0.506 e. The Balaban J connectivity index is 2.60. The smallest absolute Gasteiger partial charge is 0.296 e. The lowest BCUT2D eigenvalue weighted by molar-refractivity contribution is 0.102. The van der Waals surface area contributed by atoms with Gasteiger partial charge in [-0.15, -0.1) is 0 Å². The van der Waals surface area contributed by atoms with Crippen molar-refractivity contribution in [2.45, 2.75) is 9.79 Å². The normalized spacial score (nSPS) is 11.9. The molecule has 6 N–H and O–H groups in total. The van der Waals surface area contributed by atoms with Crippen molar-refractivity contribution in [1.82, 2.24) is 0 Å². The summed E-state index contributed by atoms with van der Waals surface area (Å²) in [4.78, 5) is 10.8. The topological polar surface area (TPSA) is 184 Å². The van der Waals surface area contributed by atoms with E-state index in [2.05, 4.69) is 0 Å². The van der Waals surface area contributed by atoms with Gasteiger partial charge in [-0.1, -0.05) is 12.1 Å². The quantitative estimate of drug-likeness (QED) is 0.286. The number of aromatic hydroxyl groups is 1. The molecule has 10 nitrogen and oxygen atoms in total. The second-order valence-corrected chi connectivity index (χ2v) is 7.55. The van der Waals surface area contributed by atoms with Gasteiger partial charge in [0.25, 0.3) is 26.1 Å². The highest BCUT2D eigenvalue weighted by Gasteiger charge is 2.25. The van der Waals surface area contributed by atoms with Crippen LogP contribution in [0.4, 0.5) is 11.4 Å². The van der Waals surface area contributed by atoms with Crippen LogP contribution in [0.2, 0.25) is 0 Å². The van der Waals surface area contributed by atoms with Crippen molar-refractivity contribution in [2.75, 3.05) is 11.1 Å². The molecule has 0 saturated carbocycles. The van der Waals surface area contributed by atoms with E-state index in [1.807, 2.05) is 5.32 Å². The fourth-order valence-corrected chi connectivity index (χ4v) is 3.34. The average molecular weight is 388 g/mol. The number of nitrogens with one attached hydrogen (secondary N) is 1. The highest BCUT2D eigenvalue weighted by molar-refractivity contribution is 7.86. The first-order chi connectivity index (χ1) is 11.4. The molecular weight excluding hydrogens is 376 g/mol. The van der Waals surface area contributed by atoms with Gasteiger partial charge in [0.1, 0.15) is 15.5 Å². The summed E-state index contributed by atoms with van der Waals surface area (Å²) in [6.45, 7) is 0. The van der Waals surface area contributed by atoms with Crippen LogP contribution >= 0.6 is 0 Å². The highest BCUT2D eigenvalue weighted by Crippen LogP contribution is 2.35. The summed E-state index contributed by atoms with van der Waals surface area (Å²) >= 11 is 0. The molecular formula is C13H12N2O8S2. The second-order valence-electron chi connectivity index (χ2n) is 4.77. The predicted octanol–water partition coefficient (Wildman–Crippen LogP) is 0.720. The van der Waals surface area contributed by atoms with Crippen LogP contribution in [-0.4, -0.2) is 37.0 Å². The maximum absolute atomic E-state index is 12.3. The molecule has 0 aromatic heterocycles. The zero-order valence-electron chi connectivity index (χ0n) is 12.2. The number of anilines is 2. The van der Waals surface area contributed by atoms with Crippen molar-refractivity contribution in [3.8, 4) is 5.75 Å². The number of benzene rings is 2. The molecule has 2 aromatic carbocycles. The van der Waals surface area contributed by atoms with E-state index in [9.17, 15) is 31.3 Å². The van der Waals surface area contributed by atoms with Crippen LogP contribution in [0.1, 0.15) is 10.4 Å². The van der Waals surface area contributed by atoms with Gasteiger partial charge in [0.05, 0.1) is 16.9 Å². The molecule has 2 aromatic rings. The molecule has 2 rings (SSSR count). The van der Waals surface area contributed by atoms with Crippen LogP contribution in [0.5, 0.6) is 5.75 Å². The van der Waals surface area contributed by atoms with Gasteiger partial charge in [-0.25, -0.2) is 0 Å². The third-order valence-corrected chi connectivity index (χ3v) is 4.92. The summed E-state index contributed by atoms with van der Waals surface area (Å²) in [5, 5.41) is 11.6. The van der Waals surface area contributed by atoms with Gasteiger partial charge in [-0.05, 0) is 24.3 Å². The predicted molar refractivity (Wildman–Crippen MR) is 86.5 cm³/mol. The first kappa shape index (κ1) is 18.7. The number of rotatable bonds is 4. The molecule has 12 heteroatoms. The van der Waals surface area contributed by atoms with Gasteiger partial charge in [0.15, 0.2) is 0 Å². The lowest BCUT2D eigenvalue weighted by Gasteiger charge is -2.14. The molecule has 0 radical (unpaired) electrons. The van der Waals surface area contributed by atoms with Gasteiger partial charge >= 0.3 is 0 Å². The lowest BCUT2D eigenvalue weighted by Crippen LogP contribution is -2.19. The number of nitrogens with two attached hydrogens (primary N) is 1. The molecule has 0 bridgehead atoms. The molecule has 0 atom stereocenters. The number of carbonyl (C=O) groups excluding carboxylic acids is 1. The number of hydrogen-bond donors (Lipinski definition) is 5. The van der Waals surface area contributed by atoms with Crippen LogP contribution in [0.3, 0.4) is 0 Å². The molecule has 0 aliphatic heterocycles. The van der Waals surface area contributed by atoms with Gasteiger partial charge in [-0.2, -0.15) is 16.8 Å². The Labute approximate surface area is 142 Å². The van der Waals surface area contributed by atoms with Gasteiger partial charge < -0.3 is 16.2 Å². The van der Waals surface area contributed by atoms with Crippen molar-refractivity contribution >= 4 is 37.5 Å². The van der Waals surface area contributed by atoms with Gasteiger partial charge in [0, 0.05) is 0 Å². The van der Waals surface area contributed by atoms with Crippen LogP contribution in [0.15, 0.2) is 46.2 Å². The molecule has 0 heterocycles. The molecule has 134 valence electrons. The molecule has 0 spiro atoms. The summed E-state index contributed by atoms with van der Waals surface area (Å²) in [6, 6.07) is 6.27. The Bertz CT molecular complexity index is 1060. The minimum atomic E-state index is -4.81. The number of hydrogen-bond acceptors (Lipinski definition) is 7. The van der Waals surface area contributed by atoms with Crippen LogP contribution in [0.25, 0.3) is 0 Å². The third kappa shape index (κ3) is 3.88. The second kappa shape index (κ2) is 6.33. The number of phenols is 1. The summed E-state index contributed by atoms with van der Waals surface area (Å²) in [5.41, 5.74) is 3.81. The van der Waals surface area contributed by atoms with Crippen LogP contribution < -0.4 is 11.1 Å². The maximum Gasteiger partial charge on any atom is 0.296 e. The number of amides is 1. The SMILES string of the molecule is Nc1c(O)ccc(S(=O)(=O)O)c1NC(=O)c1ccccc1S(=O)(=O)O. The molecule has 0 saturated heterocycles. The summed E-state index contributed by atoms with van der Waals surface area (Å²) in [7, 11) is -9.55.